The van der Waals surface area contributed by atoms with Crippen LogP contribution in [0.5, 0.6) is 0 Å². The van der Waals surface area contributed by atoms with Crippen LogP contribution in [0.4, 0.5) is 0 Å². The molecule has 1 unspecified atom stereocenters. The number of nitrogens with zero attached hydrogens (tertiary/aromatic N) is 3. The van der Waals surface area contributed by atoms with Gasteiger partial charge in [0.25, 0.3) is 0 Å². The Hall–Kier alpha value is -0.420. The van der Waals surface area contributed by atoms with E-state index in [1.54, 1.807) is 4.68 Å². The molecule has 1 N–H and O–H groups in total. The highest BCUT2D eigenvalue weighted by molar-refractivity contribution is 9.10. The molecule has 0 saturated carbocycles. The van der Waals surface area contributed by atoms with Crippen LogP contribution in [-0.4, -0.2) is 21.5 Å². The van der Waals surface area contributed by atoms with Gasteiger partial charge in [-0.2, -0.15) is 0 Å². The first-order valence-electron chi connectivity index (χ1n) is 4.45. The molecule has 13 heavy (non-hydrogen) atoms. The molecule has 0 radical (unpaired) electrons. The molecule has 0 aliphatic heterocycles. The predicted octanol–water partition coefficient (Wildman–Crippen LogP) is 1.64. The summed E-state index contributed by atoms with van der Waals surface area (Å²) in [5, 5.41) is 11.2. The van der Waals surface area contributed by atoms with Crippen LogP contribution in [0.3, 0.4) is 0 Å². The first-order valence-corrected chi connectivity index (χ1v) is 5.24. The zero-order valence-corrected chi connectivity index (χ0v) is 9.80. The molecule has 4 nitrogen and oxygen atoms in total. The van der Waals surface area contributed by atoms with Crippen LogP contribution in [-0.2, 0) is 7.05 Å². The van der Waals surface area contributed by atoms with E-state index in [1.807, 2.05) is 7.05 Å². The number of hydrogen-bond acceptors (Lipinski definition) is 3. The fourth-order valence-electron chi connectivity index (χ4n) is 1.26. The van der Waals surface area contributed by atoms with Gasteiger partial charge in [-0.15, -0.1) is 5.10 Å². The summed E-state index contributed by atoms with van der Waals surface area (Å²) in [5.74, 6) is 0. The second kappa shape index (κ2) is 4.72. The standard InChI is InChI=1S/C8H15BrN4/c1-4-5-10-6(2)7-8(9)11-12-13(7)3/h6,10H,4-5H2,1-3H3. The van der Waals surface area contributed by atoms with E-state index in [1.165, 1.54) is 0 Å². The Bertz CT molecular complexity index is 252. The van der Waals surface area contributed by atoms with Gasteiger partial charge in [0, 0.05) is 13.1 Å². The van der Waals surface area contributed by atoms with E-state index in [0.29, 0.717) is 0 Å². The maximum absolute atomic E-state index is 3.93. The third kappa shape index (κ3) is 2.51. The van der Waals surface area contributed by atoms with E-state index < -0.39 is 0 Å². The van der Waals surface area contributed by atoms with Crippen LogP contribution >= 0.6 is 15.9 Å². The summed E-state index contributed by atoms with van der Waals surface area (Å²) in [6, 6.07) is 0.286. The normalized spacial score (nSPS) is 13.2. The molecule has 1 heterocycles. The molecule has 0 spiro atoms. The summed E-state index contributed by atoms with van der Waals surface area (Å²) in [5.41, 5.74) is 1.09. The van der Waals surface area contributed by atoms with Crippen molar-refractivity contribution in [2.45, 2.75) is 26.3 Å². The number of hydrogen-bond donors (Lipinski definition) is 1. The summed E-state index contributed by atoms with van der Waals surface area (Å²) in [7, 11) is 1.90. The number of aromatic nitrogens is 3. The molecule has 1 aromatic heterocycles. The highest BCUT2D eigenvalue weighted by atomic mass is 79.9. The lowest BCUT2D eigenvalue weighted by Gasteiger charge is -2.12. The van der Waals surface area contributed by atoms with Crippen LogP contribution < -0.4 is 5.32 Å². The zero-order chi connectivity index (χ0) is 9.84. The Kier molecular flexibility index (Phi) is 3.87. The molecule has 74 valence electrons. The number of rotatable bonds is 4. The van der Waals surface area contributed by atoms with Gasteiger partial charge in [0.2, 0.25) is 0 Å². The zero-order valence-electron chi connectivity index (χ0n) is 8.21. The summed E-state index contributed by atoms with van der Waals surface area (Å²) in [6.45, 7) is 5.27. The van der Waals surface area contributed by atoms with Gasteiger partial charge in [-0.25, -0.2) is 4.68 Å². The van der Waals surface area contributed by atoms with Gasteiger partial charge in [0.1, 0.15) is 0 Å². The van der Waals surface area contributed by atoms with Crippen molar-refractivity contribution in [3.05, 3.63) is 10.3 Å². The highest BCUT2D eigenvalue weighted by Gasteiger charge is 2.14. The molecule has 0 aromatic carbocycles. The van der Waals surface area contributed by atoms with Gasteiger partial charge >= 0.3 is 0 Å². The topological polar surface area (TPSA) is 42.7 Å². The average Bonchev–Trinajstić information content (AvgIpc) is 2.42. The lowest BCUT2D eigenvalue weighted by Crippen LogP contribution is -2.21. The molecular formula is C8H15BrN4. The molecule has 5 heteroatoms. The van der Waals surface area contributed by atoms with E-state index in [9.17, 15) is 0 Å². The summed E-state index contributed by atoms with van der Waals surface area (Å²) >= 11 is 3.38. The van der Waals surface area contributed by atoms with Crippen molar-refractivity contribution < 1.29 is 0 Å². The fourth-order valence-corrected chi connectivity index (χ4v) is 1.93. The third-order valence-electron chi connectivity index (χ3n) is 1.94. The SMILES string of the molecule is CCCNC(C)c1c(Br)nnn1C. The molecular weight excluding hydrogens is 232 g/mol. The lowest BCUT2D eigenvalue weighted by atomic mass is 10.2. The van der Waals surface area contributed by atoms with Crippen LogP contribution in [0.1, 0.15) is 32.0 Å². The van der Waals surface area contributed by atoms with E-state index in [-0.39, 0.29) is 6.04 Å². The summed E-state index contributed by atoms with van der Waals surface area (Å²) in [6.07, 6.45) is 1.13. The minimum Gasteiger partial charge on any atom is -0.309 e. The number of aryl methyl sites for hydroxylation is 1. The van der Waals surface area contributed by atoms with Gasteiger partial charge in [-0.05, 0) is 35.8 Å². The quantitative estimate of drug-likeness (QED) is 0.879. The molecule has 0 aliphatic carbocycles. The first kappa shape index (κ1) is 10.7. The third-order valence-corrected chi connectivity index (χ3v) is 2.50. The second-order valence-corrected chi connectivity index (χ2v) is 3.82. The number of nitrogens with one attached hydrogen (secondary N) is 1. The van der Waals surface area contributed by atoms with Crippen molar-refractivity contribution in [3.63, 3.8) is 0 Å². The average molecular weight is 247 g/mol. The van der Waals surface area contributed by atoms with Crippen molar-refractivity contribution in [2.75, 3.05) is 6.54 Å². The molecule has 1 atom stereocenters. The van der Waals surface area contributed by atoms with E-state index in [2.05, 4.69) is 45.4 Å². The van der Waals surface area contributed by atoms with E-state index in [0.717, 1.165) is 23.3 Å². The van der Waals surface area contributed by atoms with Crippen molar-refractivity contribution in [1.82, 2.24) is 20.3 Å². The highest BCUT2D eigenvalue weighted by Crippen LogP contribution is 2.19. The fraction of sp³-hybridized carbons (Fsp3) is 0.750. The Balaban J connectivity index is 2.69. The van der Waals surface area contributed by atoms with Gasteiger partial charge in [-0.3, -0.25) is 0 Å². The van der Waals surface area contributed by atoms with E-state index >= 15 is 0 Å². The van der Waals surface area contributed by atoms with Crippen LogP contribution in [0.2, 0.25) is 0 Å². The molecule has 0 amide bonds. The molecule has 0 bridgehead atoms. The van der Waals surface area contributed by atoms with Crippen molar-refractivity contribution in [1.29, 1.82) is 0 Å². The van der Waals surface area contributed by atoms with Crippen molar-refractivity contribution >= 4 is 15.9 Å². The Morgan fingerprint density at radius 2 is 2.31 bits per heavy atom. The lowest BCUT2D eigenvalue weighted by molar-refractivity contribution is 0.525. The monoisotopic (exact) mass is 246 g/mol. The largest absolute Gasteiger partial charge is 0.309 e. The minimum atomic E-state index is 0.286. The van der Waals surface area contributed by atoms with Gasteiger partial charge in [0.05, 0.1) is 5.69 Å². The van der Waals surface area contributed by atoms with Crippen molar-refractivity contribution in [3.8, 4) is 0 Å². The minimum absolute atomic E-state index is 0.286. The number of halogens is 1. The second-order valence-electron chi connectivity index (χ2n) is 3.06. The molecule has 0 saturated heterocycles. The van der Waals surface area contributed by atoms with Gasteiger partial charge < -0.3 is 5.32 Å². The molecule has 0 aliphatic rings. The molecule has 1 aromatic rings. The summed E-state index contributed by atoms with van der Waals surface area (Å²) in [4.78, 5) is 0. The Labute approximate surface area is 86.8 Å². The smallest absolute Gasteiger partial charge is 0.153 e. The maximum atomic E-state index is 3.93. The van der Waals surface area contributed by atoms with Crippen LogP contribution in [0, 0.1) is 0 Å². The maximum Gasteiger partial charge on any atom is 0.153 e. The first-order chi connectivity index (χ1) is 6.16. The van der Waals surface area contributed by atoms with Gasteiger partial charge in [-0.1, -0.05) is 12.1 Å². The predicted molar refractivity (Wildman–Crippen MR) is 55.4 cm³/mol. The van der Waals surface area contributed by atoms with Crippen molar-refractivity contribution in [2.24, 2.45) is 7.05 Å². The van der Waals surface area contributed by atoms with Crippen LogP contribution in [0.15, 0.2) is 4.60 Å². The van der Waals surface area contributed by atoms with Crippen LogP contribution in [0.25, 0.3) is 0 Å². The van der Waals surface area contributed by atoms with E-state index in [4.69, 9.17) is 0 Å². The van der Waals surface area contributed by atoms with Gasteiger partial charge in [0.15, 0.2) is 4.60 Å². The molecule has 1 rings (SSSR count). The summed E-state index contributed by atoms with van der Waals surface area (Å²) < 4.78 is 2.61. The Morgan fingerprint density at radius 3 is 2.77 bits per heavy atom. The molecule has 0 fully saturated rings. The Morgan fingerprint density at radius 1 is 1.62 bits per heavy atom.